The van der Waals surface area contributed by atoms with E-state index in [4.69, 9.17) is 4.52 Å². The molecule has 0 aliphatic rings. The summed E-state index contributed by atoms with van der Waals surface area (Å²) in [5, 5.41) is 9.36. The number of amides is 2. The third-order valence-corrected chi connectivity index (χ3v) is 4.83. The SMILES string of the molecule is Cc1cccc(Sc2ccc(NC(=O)Nc3cc(C(C)(C)C)on3)cc2)c1. The maximum absolute atomic E-state index is 12.1. The van der Waals surface area contributed by atoms with Crippen LogP contribution in [0.2, 0.25) is 0 Å². The minimum absolute atomic E-state index is 0.159. The first-order valence-electron chi connectivity index (χ1n) is 8.69. The van der Waals surface area contributed by atoms with Crippen molar-refractivity contribution in [3.05, 3.63) is 65.9 Å². The highest BCUT2D eigenvalue weighted by molar-refractivity contribution is 7.99. The first-order valence-corrected chi connectivity index (χ1v) is 9.51. The van der Waals surface area contributed by atoms with Gasteiger partial charge in [0.15, 0.2) is 5.82 Å². The molecule has 6 heteroatoms. The number of aromatic nitrogens is 1. The Morgan fingerprint density at radius 2 is 1.74 bits per heavy atom. The lowest BCUT2D eigenvalue weighted by Crippen LogP contribution is -2.19. The number of aryl methyl sites for hydroxylation is 1. The quantitative estimate of drug-likeness (QED) is 0.575. The zero-order chi connectivity index (χ0) is 19.4. The number of carbonyl (C=O) groups excluding carboxylic acids is 1. The number of benzene rings is 2. The molecule has 0 saturated carbocycles. The zero-order valence-electron chi connectivity index (χ0n) is 15.9. The van der Waals surface area contributed by atoms with Crippen LogP contribution in [-0.2, 0) is 5.41 Å². The van der Waals surface area contributed by atoms with Gasteiger partial charge in [-0.05, 0) is 43.3 Å². The van der Waals surface area contributed by atoms with E-state index in [1.807, 2.05) is 51.1 Å². The maximum Gasteiger partial charge on any atom is 0.324 e. The summed E-state index contributed by atoms with van der Waals surface area (Å²) in [7, 11) is 0. The van der Waals surface area contributed by atoms with Crippen LogP contribution in [0.15, 0.2) is 68.9 Å². The number of rotatable bonds is 4. The Morgan fingerprint density at radius 3 is 2.37 bits per heavy atom. The van der Waals surface area contributed by atoms with Crippen molar-refractivity contribution in [2.75, 3.05) is 10.6 Å². The van der Waals surface area contributed by atoms with Crippen LogP contribution in [0, 0.1) is 6.92 Å². The van der Waals surface area contributed by atoms with Gasteiger partial charge < -0.3 is 9.84 Å². The Hall–Kier alpha value is -2.73. The molecule has 0 radical (unpaired) electrons. The Balaban J connectivity index is 1.57. The first kappa shape index (κ1) is 19.0. The number of urea groups is 1. The van der Waals surface area contributed by atoms with E-state index < -0.39 is 0 Å². The molecule has 0 spiro atoms. The summed E-state index contributed by atoms with van der Waals surface area (Å²) in [5.41, 5.74) is 1.78. The lowest BCUT2D eigenvalue weighted by molar-refractivity contribution is 0.262. The summed E-state index contributed by atoms with van der Waals surface area (Å²) in [6.07, 6.45) is 0. The monoisotopic (exact) mass is 381 g/mol. The molecule has 140 valence electrons. The molecule has 3 aromatic rings. The van der Waals surface area contributed by atoms with Crippen molar-refractivity contribution in [2.45, 2.75) is 42.9 Å². The van der Waals surface area contributed by atoms with Crippen molar-refractivity contribution in [1.29, 1.82) is 0 Å². The highest BCUT2D eigenvalue weighted by Gasteiger charge is 2.20. The van der Waals surface area contributed by atoms with Gasteiger partial charge in [-0.2, -0.15) is 0 Å². The molecule has 0 saturated heterocycles. The minimum Gasteiger partial charge on any atom is -0.359 e. The molecule has 0 atom stereocenters. The predicted molar refractivity (Wildman–Crippen MR) is 110 cm³/mol. The summed E-state index contributed by atoms with van der Waals surface area (Å²) in [6.45, 7) is 8.14. The van der Waals surface area contributed by atoms with E-state index in [-0.39, 0.29) is 11.4 Å². The third kappa shape index (κ3) is 5.37. The third-order valence-electron chi connectivity index (χ3n) is 3.83. The van der Waals surface area contributed by atoms with Gasteiger partial charge >= 0.3 is 6.03 Å². The summed E-state index contributed by atoms with van der Waals surface area (Å²) < 4.78 is 5.27. The predicted octanol–water partition coefficient (Wildman–Crippen LogP) is 6.08. The van der Waals surface area contributed by atoms with Gasteiger partial charge in [-0.25, -0.2) is 4.79 Å². The van der Waals surface area contributed by atoms with Gasteiger partial charge in [0.05, 0.1) is 0 Å². The van der Waals surface area contributed by atoms with Gasteiger partial charge in [0.2, 0.25) is 0 Å². The van der Waals surface area contributed by atoms with Crippen LogP contribution in [0.5, 0.6) is 0 Å². The number of nitrogens with zero attached hydrogens (tertiary/aromatic N) is 1. The number of nitrogens with one attached hydrogen (secondary N) is 2. The van der Waals surface area contributed by atoms with E-state index in [1.54, 1.807) is 17.8 Å². The highest BCUT2D eigenvalue weighted by Crippen LogP contribution is 2.29. The van der Waals surface area contributed by atoms with E-state index in [0.29, 0.717) is 11.5 Å². The van der Waals surface area contributed by atoms with Gasteiger partial charge in [-0.15, -0.1) is 0 Å². The van der Waals surface area contributed by atoms with Gasteiger partial charge in [-0.1, -0.05) is 55.4 Å². The van der Waals surface area contributed by atoms with Crippen LogP contribution in [0.3, 0.4) is 0 Å². The summed E-state index contributed by atoms with van der Waals surface area (Å²) in [6, 6.07) is 17.5. The summed E-state index contributed by atoms with van der Waals surface area (Å²) in [5.74, 6) is 1.11. The lowest BCUT2D eigenvalue weighted by Gasteiger charge is -2.12. The van der Waals surface area contributed by atoms with Crippen molar-refractivity contribution < 1.29 is 9.32 Å². The van der Waals surface area contributed by atoms with E-state index in [9.17, 15) is 4.79 Å². The molecule has 3 rings (SSSR count). The van der Waals surface area contributed by atoms with Crippen molar-refractivity contribution >= 4 is 29.3 Å². The molecular formula is C21H23N3O2S. The Labute approximate surface area is 163 Å². The molecule has 1 heterocycles. The average molecular weight is 382 g/mol. The van der Waals surface area contributed by atoms with Gasteiger partial charge in [0, 0.05) is 27.0 Å². The number of hydrogen-bond acceptors (Lipinski definition) is 4. The lowest BCUT2D eigenvalue weighted by atomic mass is 9.93. The molecule has 0 unspecified atom stereocenters. The average Bonchev–Trinajstić information content (AvgIpc) is 3.05. The van der Waals surface area contributed by atoms with Crippen LogP contribution < -0.4 is 10.6 Å². The molecule has 0 aliphatic heterocycles. The topological polar surface area (TPSA) is 67.2 Å². The van der Waals surface area contributed by atoms with E-state index in [0.717, 1.165) is 10.7 Å². The van der Waals surface area contributed by atoms with Crippen molar-refractivity contribution in [2.24, 2.45) is 0 Å². The normalized spacial score (nSPS) is 11.3. The maximum atomic E-state index is 12.1. The number of anilines is 2. The second-order valence-electron chi connectivity index (χ2n) is 7.35. The fourth-order valence-corrected chi connectivity index (χ4v) is 3.32. The fourth-order valence-electron chi connectivity index (χ4n) is 2.39. The Bertz CT molecular complexity index is 927. The second kappa shape index (κ2) is 7.88. The van der Waals surface area contributed by atoms with E-state index in [1.165, 1.54) is 10.5 Å². The van der Waals surface area contributed by atoms with Crippen LogP contribution in [-0.4, -0.2) is 11.2 Å². The van der Waals surface area contributed by atoms with Crippen LogP contribution in [0.4, 0.5) is 16.3 Å². The molecule has 0 aliphatic carbocycles. The van der Waals surface area contributed by atoms with Crippen molar-refractivity contribution in [1.82, 2.24) is 5.16 Å². The number of carbonyl (C=O) groups is 1. The molecular weight excluding hydrogens is 358 g/mol. The minimum atomic E-state index is -0.358. The molecule has 5 nitrogen and oxygen atoms in total. The van der Waals surface area contributed by atoms with Crippen molar-refractivity contribution in [3.8, 4) is 0 Å². The molecule has 1 aromatic heterocycles. The molecule has 27 heavy (non-hydrogen) atoms. The Morgan fingerprint density at radius 1 is 1.00 bits per heavy atom. The highest BCUT2D eigenvalue weighted by atomic mass is 32.2. The smallest absolute Gasteiger partial charge is 0.324 e. The van der Waals surface area contributed by atoms with Gasteiger partial charge in [-0.3, -0.25) is 5.32 Å². The summed E-state index contributed by atoms with van der Waals surface area (Å²) >= 11 is 1.69. The van der Waals surface area contributed by atoms with Gasteiger partial charge in [0.25, 0.3) is 0 Å². The van der Waals surface area contributed by atoms with Crippen molar-refractivity contribution in [3.63, 3.8) is 0 Å². The fraction of sp³-hybridized carbons (Fsp3) is 0.238. The van der Waals surface area contributed by atoms with E-state index in [2.05, 4.69) is 40.9 Å². The van der Waals surface area contributed by atoms with Crippen LogP contribution >= 0.6 is 11.8 Å². The van der Waals surface area contributed by atoms with E-state index >= 15 is 0 Å². The Kier molecular flexibility index (Phi) is 5.56. The largest absolute Gasteiger partial charge is 0.359 e. The zero-order valence-corrected chi connectivity index (χ0v) is 16.7. The first-order chi connectivity index (χ1) is 12.8. The van der Waals surface area contributed by atoms with Gasteiger partial charge in [0.1, 0.15) is 5.76 Å². The van der Waals surface area contributed by atoms with Crippen LogP contribution in [0.25, 0.3) is 0 Å². The number of hydrogen-bond donors (Lipinski definition) is 2. The second-order valence-corrected chi connectivity index (χ2v) is 8.50. The molecule has 2 aromatic carbocycles. The molecule has 0 bridgehead atoms. The summed E-state index contributed by atoms with van der Waals surface area (Å²) in [4.78, 5) is 14.4. The standard InChI is InChI=1S/C21H23N3O2S/c1-14-6-5-7-17(12-14)27-16-10-8-15(9-11-16)22-20(25)23-19-13-18(26-24-19)21(2,3)4/h5-13H,1-4H3,(H2,22,23,24,25). The molecule has 0 fully saturated rings. The molecule has 2 amide bonds. The van der Waals surface area contributed by atoms with Crippen LogP contribution in [0.1, 0.15) is 32.1 Å². The molecule has 2 N–H and O–H groups in total.